The zero-order valence-electron chi connectivity index (χ0n) is 9.19. The molecule has 1 aromatic carbocycles. The quantitative estimate of drug-likeness (QED) is 0.759. The molecule has 1 atom stereocenters. The number of aliphatic hydroxyl groups is 1. The fraction of sp³-hybridized carbons (Fsp3) is 0.500. The minimum atomic E-state index is -0.295. The van der Waals surface area contributed by atoms with Crippen molar-refractivity contribution < 1.29 is 9.50 Å². The van der Waals surface area contributed by atoms with Gasteiger partial charge in [-0.05, 0) is 36.6 Å². The van der Waals surface area contributed by atoms with Crippen LogP contribution in [0.25, 0.3) is 0 Å². The van der Waals surface area contributed by atoms with Crippen molar-refractivity contribution in [1.82, 2.24) is 4.90 Å². The van der Waals surface area contributed by atoms with Crippen LogP contribution in [0.3, 0.4) is 0 Å². The molecule has 1 heterocycles. The average Bonchev–Trinajstić information content (AvgIpc) is 2.70. The first kappa shape index (κ1) is 11.4. The molecule has 0 amide bonds. The lowest BCUT2D eigenvalue weighted by atomic mass is 10.1. The van der Waals surface area contributed by atoms with Crippen LogP contribution in [0.4, 0.5) is 10.1 Å². The fourth-order valence-electron chi connectivity index (χ4n) is 2.16. The molecule has 3 nitrogen and oxygen atoms in total. The maximum absolute atomic E-state index is 12.9. The van der Waals surface area contributed by atoms with Crippen molar-refractivity contribution >= 4 is 5.69 Å². The van der Waals surface area contributed by atoms with Gasteiger partial charge in [0.1, 0.15) is 5.82 Å². The zero-order valence-corrected chi connectivity index (χ0v) is 9.19. The van der Waals surface area contributed by atoms with E-state index in [2.05, 4.69) is 4.90 Å². The molecule has 16 heavy (non-hydrogen) atoms. The maximum Gasteiger partial charge on any atom is 0.125 e. The van der Waals surface area contributed by atoms with E-state index in [9.17, 15) is 4.39 Å². The third-order valence-corrected chi connectivity index (χ3v) is 3.13. The van der Waals surface area contributed by atoms with Crippen molar-refractivity contribution in [3.8, 4) is 0 Å². The topological polar surface area (TPSA) is 49.5 Å². The van der Waals surface area contributed by atoms with Crippen molar-refractivity contribution in [1.29, 1.82) is 0 Å². The van der Waals surface area contributed by atoms with Gasteiger partial charge < -0.3 is 10.8 Å². The number of benzene rings is 1. The highest BCUT2D eigenvalue weighted by molar-refractivity contribution is 5.46. The number of nitrogen functional groups attached to an aromatic ring is 1. The van der Waals surface area contributed by atoms with Gasteiger partial charge in [-0.1, -0.05) is 6.07 Å². The summed E-state index contributed by atoms with van der Waals surface area (Å²) in [6.45, 7) is 2.85. The smallest absolute Gasteiger partial charge is 0.125 e. The molecule has 2 rings (SSSR count). The van der Waals surface area contributed by atoms with E-state index in [-0.39, 0.29) is 12.4 Å². The van der Waals surface area contributed by atoms with Crippen LogP contribution in [0.5, 0.6) is 0 Å². The first-order valence-corrected chi connectivity index (χ1v) is 5.56. The highest BCUT2D eigenvalue weighted by Gasteiger charge is 2.21. The summed E-state index contributed by atoms with van der Waals surface area (Å²) in [4.78, 5) is 2.24. The standard InChI is InChI=1S/C12H17FN2O/c13-11-2-1-10(12(14)5-11)7-15-4-3-9(6-15)8-16/h1-2,5,9,16H,3-4,6-8,14H2. The highest BCUT2D eigenvalue weighted by Crippen LogP contribution is 2.21. The van der Waals surface area contributed by atoms with Gasteiger partial charge >= 0.3 is 0 Å². The number of halogens is 1. The minimum Gasteiger partial charge on any atom is -0.398 e. The Kier molecular flexibility index (Phi) is 3.41. The molecule has 1 fully saturated rings. The second kappa shape index (κ2) is 4.80. The third kappa shape index (κ3) is 2.51. The molecule has 0 spiro atoms. The van der Waals surface area contributed by atoms with Crippen molar-refractivity contribution in [3.63, 3.8) is 0 Å². The molecule has 1 unspecified atom stereocenters. The molecular weight excluding hydrogens is 207 g/mol. The lowest BCUT2D eigenvalue weighted by Gasteiger charge is -2.16. The summed E-state index contributed by atoms with van der Waals surface area (Å²) in [6, 6.07) is 4.52. The van der Waals surface area contributed by atoms with Gasteiger partial charge in [-0.25, -0.2) is 4.39 Å². The Hall–Kier alpha value is -1.13. The summed E-state index contributed by atoms with van der Waals surface area (Å²) in [6.07, 6.45) is 1.03. The molecule has 1 aliphatic heterocycles. The van der Waals surface area contributed by atoms with Crippen molar-refractivity contribution in [2.45, 2.75) is 13.0 Å². The molecule has 1 aliphatic rings. The first-order valence-electron chi connectivity index (χ1n) is 5.56. The number of hydrogen-bond acceptors (Lipinski definition) is 3. The van der Waals surface area contributed by atoms with Crippen LogP contribution >= 0.6 is 0 Å². The molecule has 1 aromatic rings. The second-order valence-corrected chi connectivity index (χ2v) is 4.42. The Morgan fingerprint density at radius 3 is 2.94 bits per heavy atom. The molecule has 3 N–H and O–H groups in total. The maximum atomic E-state index is 12.9. The number of hydrogen-bond donors (Lipinski definition) is 2. The highest BCUT2D eigenvalue weighted by atomic mass is 19.1. The molecule has 1 saturated heterocycles. The van der Waals surface area contributed by atoms with E-state index >= 15 is 0 Å². The molecular formula is C12H17FN2O. The van der Waals surface area contributed by atoms with E-state index < -0.39 is 0 Å². The lowest BCUT2D eigenvalue weighted by Crippen LogP contribution is -2.21. The van der Waals surface area contributed by atoms with Crippen molar-refractivity contribution in [2.24, 2.45) is 5.92 Å². The summed E-state index contributed by atoms with van der Waals surface area (Å²) in [5.41, 5.74) is 7.22. The Morgan fingerprint density at radius 1 is 1.50 bits per heavy atom. The van der Waals surface area contributed by atoms with Crippen LogP contribution in [0.1, 0.15) is 12.0 Å². The van der Waals surface area contributed by atoms with E-state index in [1.54, 1.807) is 6.07 Å². The summed E-state index contributed by atoms with van der Waals surface area (Å²) in [5.74, 6) is 0.0811. The molecule has 0 bridgehead atoms. The van der Waals surface area contributed by atoms with Crippen LogP contribution in [0.15, 0.2) is 18.2 Å². The lowest BCUT2D eigenvalue weighted by molar-refractivity contribution is 0.220. The Labute approximate surface area is 94.7 Å². The van der Waals surface area contributed by atoms with E-state index in [0.29, 0.717) is 11.6 Å². The van der Waals surface area contributed by atoms with E-state index in [4.69, 9.17) is 10.8 Å². The number of likely N-dealkylation sites (tertiary alicyclic amines) is 1. The van der Waals surface area contributed by atoms with Crippen LogP contribution in [-0.4, -0.2) is 29.7 Å². The van der Waals surface area contributed by atoms with Gasteiger partial charge in [-0.3, -0.25) is 4.90 Å². The normalized spacial score (nSPS) is 21.5. The first-order chi connectivity index (χ1) is 7.69. The average molecular weight is 224 g/mol. The number of rotatable bonds is 3. The summed E-state index contributed by atoms with van der Waals surface area (Å²) < 4.78 is 12.9. The molecule has 0 saturated carbocycles. The van der Waals surface area contributed by atoms with Crippen molar-refractivity contribution in [2.75, 3.05) is 25.4 Å². The Morgan fingerprint density at radius 2 is 2.31 bits per heavy atom. The Bertz CT molecular complexity index is 370. The van der Waals surface area contributed by atoms with Gasteiger partial charge in [0.25, 0.3) is 0 Å². The predicted molar refractivity (Wildman–Crippen MR) is 61.3 cm³/mol. The van der Waals surface area contributed by atoms with Crippen LogP contribution in [0, 0.1) is 11.7 Å². The van der Waals surface area contributed by atoms with E-state index in [0.717, 1.165) is 31.6 Å². The second-order valence-electron chi connectivity index (χ2n) is 4.42. The fourth-order valence-corrected chi connectivity index (χ4v) is 2.16. The van der Waals surface area contributed by atoms with Crippen LogP contribution in [-0.2, 0) is 6.54 Å². The van der Waals surface area contributed by atoms with Crippen LogP contribution < -0.4 is 5.73 Å². The van der Waals surface area contributed by atoms with Gasteiger partial charge in [0.15, 0.2) is 0 Å². The summed E-state index contributed by atoms with van der Waals surface area (Å²) in [7, 11) is 0. The monoisotopic (exact) mass is 224 g/mol. The SMILES string of the molecule is Nc1cc(F)ccc1CN1CCC(CO)C1. The third-order valence-electron chi connectivity index (χ3n) is 3.13. The van der Waals surface area contributed by atoms with Gasteiger partial charge in [0.05, 0.1) is 0 Å². The largest absolute Gasteiger partial charge is 0.398 e. The molecule has 0 aliphatic carbocycles. The van der Waals surface area contributed by atoms with Crippen molar-refractivity contribution in [3.05, 3.63) is 29.6 Å². The number of nitrogens with zero attached hydrogens (tertiary/aromatic N) is 1. The van der Waals surface area contributed by atoms with Crippen LogP contribution in [0.2, 0.25) is 0 Å². The summed E-state index contributed by atoms with van der Waals surface area (Å²) in [5, 5.41) is 9.04. The number of nitrogens with two attached hydrogens (primary N) is 1. The molecule has 0 aromatic heterocycles. The molecule has 4 heteroatoms. The van der Waals surface area contributed by atoms with E-state index in [1.165, 1.54) is 12.1 Å². The zero-order chi connectivity index (χ0) is 11.5. The van der Waals surface area contributed by atoms with Gasteiger partial charge in [-0.15, -0.1) is 0 Å². The van der Waals surface area contributed by atoms with Gasteiger partial charge in [-0.2, -0.15) is 0 Å². The number of aliphatic hydroxyl groups excluding tert-OH is 1. The van der Waals surface area contributed by atoms with Gasteiger partial charge in [0, 0.05) is 25.4 Å². The Balaban J connectivity index is 1.99. The van der Waals surface area contributed by atoms with E-state index in [1.807, 2.05) is 0 Å². The number of anilines is 1. The van der Waals surface area contributed by atoms with Gasteiger partial charge in [0.2, 0.25) is 0 Å². The predicted octanol–water partition coefficient (Wildman–Crippen LogP) is 1.22. The summed E-state index contributed by atoms with van der Waals surface area (Å²) >= 11 is 0. The minimum absolute atomic E-state index is 0.245. The molecule has 88 valence electrons. The molecule has 0 radical (unpaired) electrons.